The van der Waals surface area contributed by atoms with Gasteiger partial charge in [0, 0.05) is 29.5 Å². The van der Waals surface area contributed by atoms with Crippen LogP contribution < -0.4 is 4.90 Å². The van der Waals surface area contributed by atoms with E-state index in [0.717, 1.165) is 15.6 Å². The molecule has 5 heteroatoms. The van der Waals surface area contributed by atoms with Crippen molar-refractivity contribution in [1.29, 1.82) is 0 Å². The van der Waals surface area contributed by atoms with Crippen LogP contribution in [0.5, 0.6) is 0 Å². The number of benzene rings is 2. The van der Waals surface area contributed by atoms with Crippen molar-refractivity contribution in [2.24, 2.45) is 0 Å². The van der Waals surface area contributed by atoms with Gasteiger partial charge in [-0.2, -0.15) is 0 Å². The lowest BCUT2D eigenvalue weighted by molar-refractivity contribution is 0.0699. The lowest BCUT2D eigenvalue weighted by atomic mass is 10.00. The quantitative estimate of drug-likeness (QED) is 0.708. The van der Waals surface area contributed by atoms with Crippen molar-refractivity contribution in [3.05, 3.63) is 58.1 Å². The Balaban J connectivity index is 2.44. The summed E-state index contributed by atoms with van der Waals surface area (Å²) in [6.45, 7) is 2.02. The summed E-state index contributed by atoms with van der Waals surface area (Å²) in [5.74, 6) is -0.961. The lowest BCUT2D eigenvalue weighted by Crippen LogP contribution is -2.16. The highest BCUT2D eigenvalue weighted by Gasteiger charge is 2.22. The first-order chi connectivity index (χ1) is 11.4. The van der Waals surface area contributed by atoms with Gasteiger partial charge in [0.05, 0.1) is 22.5 Å². The second-order valence-electron chi connectivity index (χ2n) is 5.91. The number of nitrogens with zero attached hydrogens (tertiary/aromatic N) is 2. The van der Waals surface area contributed by atoms with Gasteiger partial charge in [-0.3, -0.25) is 0 Å². The molecule has 0 saturated heterocycles. The predicted octanol–water partition coefficient (Wildman–Crippen LogP) is 4.74. The summed E-state index contributed by atoms with van der Waals surface area (Å²) in [7, 11) is 3.68. The van der Waals surface area contributed by atoms with Crippen LogP contribution in [0, 0.1) is 6.92 Å². The Hall–Kier alpha value is -2.40. The van der Waals surface area contributed by atoms with E-state index >= 15 is 0 Å². The van der Waals surface area contributed by atoms with Crippen LogP contribution in [-0.2, 0) is 0 Å². The maximum absolute atomic E-state index is 12.0. The van der Waals surface area contributed by atoms with Gasteiger partial charge < -0.3 is 10.0 Å². The highest BCUT2D eigenvalue weighted by molar-refractivity contribution is 9.10. The topological polar surface area (TPSA) is 53.4 Å². The molecule has 0 fully saturated rings. The fourth-order valence-corrected chi connectivity index (χ4v) is 3.15. The van der Waals surface area contributed by atoms with Crippen molar-refractivity contribution in [2.45, 2.75) is 6.92 Å². The average Bonchev–Trinajstić information content (AvgIpc) is 2.53. The zero-order valence-electron chi connectivity index (χ0n) is 13.7. The molecule has 0 unspecified atom stereocenters. The van der Waals surface area contributed by atoms with Crippen LogP contribution in [0.15, 0.2) is 46.9 Å². The average molecular weight is 385 g/mol. The van der Waals surface area contributed by atoms with Crippen molar-refractivity contribution in [1.82, 2.24) is 4.98 Å². The van der Waals surface area contributed by atoms with Crippen molar-refractivity contribution in [3.8, 4) is 11.3 Å². The molecule has 3 rings (SSSR count). The first-order valence-corrected chi connectivity index (χ1v) is 8.28. The van der Waals surface area contributed by atoms with E-state index in [1.807, 2.05) is 62.3 Å². The van der Waals surface area contributed by atoms with Gasteiger partial charge >= 0.3 is 5.97 Å². The summed E-state index contributed by atoms with van der Waals surface area (Å²) in [4.78, 5) is 18.6. The number of anilines is 1. The largest absolute Gasteiger partial charge is 0.478 e. The molecule has 0 radical (unpaired) electrons. The monoisotopic (exact) mass is 384 g/mol. The number of halogens is 1. The minimum absolute atomic E-state index is 0.266. The molecule has 0 aliphatic carbocycles. The van der Waals surface area contributed by atoms with Crippen LogP contribution in [0.2, 0.25) is 0 Å². The molecular weight excluding hydrogens is 368 g/mol. The standard InChI is InChI=1S/C19H17BrN2O2/c1-11-4-6-12(7-5-11)17-18(22(2)3)16(19(23)24)14-10-13(20)8-9-15(14)21-17/h4-10H,1-3H3,(H,23,24). The number of carboxylic acids is 1. The molecule has 122 valence electrons. The zero-order chi connectivity index (χ0) is 17.4. The number of fused-ring (bicyclic) bond motifs is 1. The van der Waals surface area contributed by atoms with Crippen LogP contribution in [0.1, 0.15) is 15.9 Å². The predicted molar refractivity (Wildman–Crippen MR) is 101 cm³/mol. The minimum atomic E-state index is -0.961. The molecule has 1 N–H and O–H groups in total. The van der Waals surface area contributed by atoms with Gasteiger partial charge in [0.25, 0.3) is 0 Å². The molecular formula is C19H17BrN2O2. The van der Waals surface area contributed by atoms with Gasteiger partial charge in [0.2, 0.25) is 0 Å². The number of aromatic carboxylic acids is 1. The third-order valence-electron chi connectivity index (χ3n) is 3.91. The number of rotatable bonds is 3. The molecule has 0 aliphatic heterocycles. The molecule has 1 aromatic heterocycles. The number of carboxylic acid groups (broad SMARTS) is 1. The molecule has 2 aromatic carbocycles. The normalized spacial score (nSPS) is 10.8. The molecule has 0 saturated carbocycles. The molecule has 0 aliphatic rings. The number of hydrogen-bond acceptors (Lipinski definition) is 3. The highest BCUT2D eigenvalue weighted by Crippen LogP contribution is 2.37. The summed E-state index contributed by atoms with van der Waals surface area (Å²) in [6, 6.07) is 13.5. The SMILES string of the molecule is Cc1ccc(-c2nc3ccc(Br)cc3c(C(=O)O)c2N(C)C)cc1. The molecule has 4 nitrogen and oxygen atoms in total. The Kier molecular flexibility index (Phi) is 4.28. The number of pyridine rings is 1. The molecule has 3 aromatic rings. The second kappa shape index (κ2) is 6.24. The Morgan fingerprint density at radius 2 is 1.79 bits per heavy atom. The van der Waals surface area contributed by atoms with Crippen LogP contribution in [0.4, 0.5) is 5.69 Å². The third-order valence-corrected chi connectivity index (χ3v) is 4.40. The number of aromatic nitrogens is 1. The van der Waals surface area contributed by atoms with E-state index in [1.54, 1.807) is 6.07 Å². The van der Waals surface area contributed by atoms with Gasteiger partial charge in [-0.05, 0) is 25.1 Å². The minimum Gasteiger partial charge on any atom is -0.478 e. The molecule has 1 heterocycles. The van der Waals surface area contributed by atoms with Crippen LogP contribution in [0.3, 0.4) is 0 Å². The number of aryl methyl sites for hydroxylation is 1. The van der Waals surface area contributed by atoms with Crippen molar-refractivity contribution in [2.75, 3.05) is 19.0 Å². The van der Waals surface area contributed by atoms with E-state index in [4.69, 9.17) is 4.98 Å². The summed E-state index contributed by atoms with van der Waals surface area (Å²) < 4.78 is 0.826. The van der Waals surface area contributed by atoms with E-state index in [2.05, 4.69) is 15.9 Å². The van der Waals surface area contributed by atoms with Crippen LogP contribution in [0.25, 0.3) is 22.2 Å². The summed E-state index contributed by atoms with van der Waals surface area (Å²) in [5.41, 5.74) is 4.26. The Morgan fingerprint density at radius 3 is 2.38 bits per heavy atom. The molecule has 24 heavy (non-hydrogen) atoms. The zero-order valence-corrected chi connectivity index (χ0v) is 15.3. The number of hydrogen-bond donors (Lipinski definition) is 1. The molecule has 0 amide bonds. The van der Waals surface area contributed by atoms with Crippen molar-refractivity contribution in [3.63, 3.8) is 0 Å². The highest BCUT2D eigenvalue weighted by atomic mass is 79.9. The summed E-state index contributed by atoms with van der Waals surface area (Å²) >= 11 is 3.41. The lowest BCUT2D eigenvalue weighted by Gasteiger charge is -2.21. The maximum atomic E-state index is 12.0. The van der Waals surface area contributed by atoms with Crippen LogP contribution in [-0.4, -0.2) is 30.2 Å². The third kappa shape index (κ3) is 2.87. The smallest absolute Gasteiger partial charge is 0.338 e. The van der Waals surface area contributed by atoms with E-state index in [0.29, 0.717) is 22.3 Å². The Labute approximate surface area is 148 Å². The number of carbonyl (C=O) groups is 1. The van der Waals surface area contributed by atoms with Gasteiger partial charge in [0.15, 0.2) is 0 Å². The maximum Gasteiger partial charge on any atom is 0.338 e. The Morgan fingerprint density at radius 1 is 1.12 bits per heavy atom. The molecule has 0 bridgehead atoms. The van der Waals surface area contributed by atoms with Gasteiger partial charge in [-0.1, -0.05) is 45.8 Å². The molecule has 0 spiro atoms. The first kappa shape index (κ1) is 16.5. The van der Waals surface area contributed by atoms with Gasteiger partial charge in [-0.25, -0.2) is 9.78 Å². The van der Waals surface area contributed by atoms with E-state index in [1.165, 1.54) is 0 Å². The molecule has 0 atom stereocenters. The van der Waals surface area contributed by atoms with Gasteiger partial charge in [-0.15, -0.1) is 0 Å². The van der Waals surface area contributed by atoms with Crippen molar-refractivity contribution < 1.29 is 9.90 Å². The van der Waals surface area contributed by atoms with Crippen molar-refractivity contribution >= 4 is 38.5 Å². The fourth-order valence-electron chi connectivity index (χ4n) is 2.79. The van der Waals surface area contributed by atoms with E-state index in [9.17, 15) is 9.90 Å². The first-order valence-electron chi connectivity index (χ1n) is 7.49. The van der Waals surface area contributed by atoms with E-state index in [-0.39, 0.29) is 5.56 Å². The Bertz CT molecular complexity index is 934. The van der Waals surface area contributed by atoms with E-state index < -0.39 is 5.97 Å². The summed E-state index contributed by atoms with van der Waals surface area (Å²) in [5, 5.41) is 10.5. The summed E-state index contributed by atoms with van der Waals surface area (Å²) in [6.07, 6.45) is 0. The van der Waals surface area contributed by atoms with Crippen LogP contribution >= 0.6 is 15.9 Å². The second-order valence-corrected chi connectivity index (χ2v) is 6.83. The van der Waals surface area contributed by atoms with Gasteiger partial charge in [0.1, 0.15) is 0 Å². The fraction of sp³-hybridized carbons (Fsp3) is 0.158.